The molecule has 2 aromatic rings. The molecule has 0 saturated carbocycles. The Hall–Kier alpha value is -1.78. The third-order valence-electron chi connectivity index (χ3n) is 2.34. The van der Waals surface area contributed by atoms with Crippen molar-refractivity contribution in [3.05, 3.63) is 58.1 Å². The lowest BCUT2D eigenvalue weighted by molar-refractivity contribution is 0.984. The van der Waals surface area contributed by atoms with Crippen LogP contribution in [0.4, 0.5) is 0 Å². The molecule has 0 aliphatic carbocycles. The van der Waals surface area contributed by atoms with Gasteiger partial charge in [0.05, 0.1) is 13.1 Å². The number of aromatic nitrogens is 2. The molecule has 0 fully saturated rings. The van der Waals surface area contributed by atoms with Gasteiger partial charge in [0, 0.05) is 35.9 Å². The smallest absolute Gasteiger partial charge is 0.129 e. The van der Waals surface area contributed by atoms with Crippen LogP contribution in [-0.2, 0) is 0 Å². The van der Waals surface area contributed by atoms with E-state index in [2.05, 4.69) is 20.0 Å². The fourth-order valence-electron chi connectivity index (χ4n) is 1.38. The second-order valence-electron chi connectivity index (χ2n) is 3.90. The minimum Gasteiger partial charge on any atom is -0.291 e. The van der Waals surface area contributed by atoms with Crippen LogP contribution in [0.1, 0.15) is 11.1 Å². The highest BCUT2D eigenvalue weighted by Gasteiger charge is 1.90. The fourth-order valence-corrected chi connectivity index (χ4v) is 1.61. The Balaban J connectivity index is 1.76. The standard InChI is InChI=1S/C14H12Cl2N4/c15-13-3-1-11(9-19-13)7-17-5-6-18-8-12-2-4-14(16)20-10-12/h1-4,7-10H,5-6H2. The number of rotatable bonds is 5. The van der Waals surface area contributed by atoms with Crippen LogP contribution in [0.25, 0.3) is 0 Å². The first-order valence-electron chi connectivity index (χ1n) is 5.97. The van der Waals surface area contributed by atoms with Gasteiger partial charge in [-0.15, -0.1) is 0 Å². The molecule has 4 nitrogen and oxygen atoms in total. The molecule has 0 bridgehead atoms. The van der Waals surface area contributed by atoms with Gasteiger partial charge in [0.25, 0.3) is 0 Å². The van der Waals surface area contributed by atoms with E-state index < -0.39 is 0 Å². The molecule has 0 amide bonds. The number of pyridine rings is 2. The Morgan fingerprint density at radius 2 is 1.25 bits per heavy atom. The molecule has 0 aliphatic heterocycles. The Morgan fingerprint density at radius 1 is 0.800 bits per heavy atom. The van der Waals surface area contributed by atoms with Crippen molar-refractivity contribution in [2.75, 3.05) is 13.1 Å². The van der Waals surface area contributed by atoms with Crippen molar-refractivity contribution < 1.29 is 0 Å². The zero-order chi connectivity index (χ0) is 14.2. The Bertz CT molecular complexity index is 536. The predicted octanol–water partition coefficient (Wildman–Crippen LogP) is 3.32. The van der Waals surface area contributed by atoms with Crippen molar-refractivity contribution in [1.29, 1.82) is 0 Å². The summed E-state index contributed by atoms with van der Waals surface area (Å²) >= 11 is 11.4. The number of aliphatic imine (C=N–C) groups is 2. The van der Waals surface area contributed by atoms with E-state index in [-0.39, 0.29) is 0 Å². The molecular formula is C14H12Cl2N4. The van der Waals surface area contributed by atoms with Crippen molar-refractivity contribution in [3.63, 3.8) is 0 Å². The quantitative estimate of drug-likeness (QED) is 0.483. The van der Waals surface area contributed by atoms with Crippen molar-refractivity contribution in [2.24, 2.45) is 9.98 Å². The highest BCUT2D eigenvalue weighted by molar-refractivity contribution is 6.29. The van der Waals surface area contributed by atoms with E-state index in [9.17, 15) is 0 Å². The molecule has 0 radical (unpaired) electrons. The fraction of sp³-hybridized carbons (Fsp3) is 0.143. The van der Waals surface area contributed by atoms with Crippen LogP contribution in [0.15, 0.2) is 46.6 Å². The monoisotopic (exact) mass is 306 g/mol. The molecule has 6 heteroatoms. The van der Waals surface area contributed by atoms with Gasteiger partial charge in [-0.3, -0.25) is 9.98 Å². The van der Waals surface area contributed by atoms with Crippen molar-refractivity contribution in [1.82, 2.24) is 9.97 Å². The molecule has 20 heavy (non-hydrogen) atoms. The molecule has 2 aromatic heterocycles. The van der Waals surface area contributed by atoms with Crippen molar-refractivity contribution >= 4 is 35.6 Å². The molecule has 2 heterocycles. The molecular weight excluding hydrogens is 295 g/mol. The summed E-state index contributed by atoms with van der Waals surface area (Å²) in [5.74, 6) is 0. The lowest BCUT2D eigenvalue weighted by Gasteiger charge is -1.93. The summed E-state index contributed by atoms with van der Waals surface area (Å²) in [6.45, 7) is 1.22. The molecule has 0 atom stereocenters. The van der Waals surface area contributed by atoms with E-state index in [0.717, 1.165) is 11.1 Å². The SMILES string of the molecule is Clc1ccc(C=NCCN=Cc2ccc(Cl)nc2)cn1. The Kier molecular flexibility index (Phi) is 5.65. The van der Waals surface area contributed by atoms with Gasteiger partial charge in [-0.1, -0.05) is 23.2 Å². The van der Waals surface area contributed by atoms with E-state index in [1.807, 2.05) is 12.1 Å². The molecule has 102 valence electrons. The predicted molar refractivity (Wildman–Crippen MR) is 83.4 cm³/mol. The van der Waals surface area contributed by atoms with E-state index in [4.69, 9.17) is 23.2 Å². The topological polar surface area (TPSA) is 50.5 Å². The van der Waals surface area contributed by atoms with Gasteiger partial charge < -0.3 is 0 Å². The van der Waals surface area contributed by atoms with E-state index in [1.165, 1.54) is 0 Å². The minimum atomic E-state index is 0.475. The largest absolute Gasteiger partial charge is 0.291 e. The zero-order valence-corrected chi connectivity index (χ0v) is 12.1. The molecule has 0 N–H and O–H groups in total. The van der Waals surface area contributed by atoms with Crippen molar-refractivity contribution in [3.8, 4) is 0 Å². The number of halogens is 2. The normalized spacial score (nSPS) is 11.5. The van der Waals surface area contributed by atoms with E-state index >= 15 is 0 Å². The Labute approximate surface area is 127 Å². The van der Waals surface area contributed by atoms with Crippen LogP contribution in [0.2, 0.25) is 10.3 Å². The lowest BCUT2D eigenvalue weighted by atomic mass is 10.3. The van der Waals surface area contributed by atoms with Gasteiger partial charge in [-0.2, -0.15) is 0 Å². The van der Waals surface area contributed by atoms with Crippen LogP contribution in [0, 0.1) is 0 Å². The summed E-state index contributed by atoms with van der Waals surface area (Å²) in [6.07, 6.45) is 6.86. The van der Waals surface area contributed by atoms with Crippen LogP contribution in [-0.4, -0.2) is 35.5 Å². The van der Waals surface area contributed by atoms with Gasteiger partial charge in [0.2, 0.25) is 0 Å². The summed E-state index contributed by atoms with van der Waals surface area (Å²) in [5, 5.41) is 0.951. The molecule has 0 saturated heterocycles. The maximum absolute atomic E-state index is 5.69. The maximum atomic E-state index is 5.69. The van der Waals surface area contributed by atoms with E-state index in [0.29, 0.717) is 23.4 Å². The third kappa shape index (κ3) is 5.07. The molecule has 2 rings (SSSR count). The summed E-state index contributed by atoms with van der Waals surface area (Å²) in [5.41, 5.74) is 1.83. The molecule has 0 aliphatic rings. The van der Waals surface area contributed by atoms with Gasteiger partial charge in [-0.05, 0) is 24.3 Å². The highest BCUT2D eigenvalue weighted by atomic mass is 35.5. The zero-order valence-electron chi connectivity index (χ0n) is 10.6. The van der Waals surface area contributed by atoms with Gasteiger partial charge >= 0.3 is 0 Å². The van der Waals surface area contributed by atoms with Gasteiger partial charge in [0.15, 0.2) is 0 Å². The first-order chi connectivity index (χ1) is 9.74. The minimum absolute atomic E-state index is 0.475. The number of nitrogens with zero attached hydrogens (tertiary/aromatic N) is 4. The van der Waals surface area contributed by atoms with Gasteiger partial charge in [-0.25, -0.2) is 9.97 Å². The first-order valence-corrected chi connectivity index (χ1v) is 6.72. The number of hydrogen-bond donors (Lipinski definition) is 0. The van der Waals surface area contributed by atoms with Crippen LogP contribution in [0.5, 0.6) is 0 Å². The Morgan fingerprint density at radius 3 is 1.60 bits per heavy atom. The van der Waals surface area contributed by atoms with Crippen LogP contribution in [0.3, 0.4) is 0 Å². The van der Waals surface area contributed by atoms with Crippen LogP contribution >= 0.6 is 23.2 Å². The molecule has 0 unspecified atom stereocenters. The summed E-state index contributed by atoms with van der Waals surface area (Å²) in [6, 6.07) is 7.19. The molecule has 0 spiro atoms. The summed E-state index contributed by atoms with van der Waals surface area (Å²) in [7, 11) is 0. The average Bonchev–Trinajstić information content (AvgIpc) is 2.46. The second-order valence-corrected chi connectivity index (χ2v) is 4.67. The van der Waals surface area contributed by atoms with Gasteiger partial charge in [0.1, 0.15) is 10.3 Å². The van der Waals surface area contributed by atoms with E-state index in [1.54, 1.807) is 37.0 Å². The average molecular weight is 307 g/mol. The maximum Gasteiger partial charge on any atom is 0.129 e. The summed E-state index contributed by atoms with van der Waals surface area (Å²) < 4.78 is 0. The van der Waals surface area contributed by atoms with Crippen LogP contribution < -0.4 is 0 Å². The highest BCUT2D eigenvalue weighted by Crippen LogP contribution is 2.04. The number of hydrogen-bond acceptors (Lipinski definition) is 4. The third-order valence-corrected chi connectivity index (χ3v) is 2.79. The first kappa shape index (κ1) is 14.6. The second kappa shape index (κ2) is 7.72. The summed E-state index contributed by atoms with van der Waals surface area (Å²) in [4.78, 5) is 16.5. The van der Waals surface area contributed by atoms with Crippen molar-refractivity contribution in [2.45, 2.75) is 0 Å². The lowest BCUT2D eigenvalue weighted by Crippen LogP contribution is -1.91. The molecule has 0 aromatic carbocycles.